The second kappa shape index (κ2) is 46.9. The van der Waals surface area contributed by atoms with Gasteiger partial charge in [0.25, 0.3) is 0 Å². The fourth-order valence-corrected chi connectivity index (χ4v) is 11.0. The number of carboxylic acid groups (broad SMARTS) is 2. The molecule has 26 N–H and O–H groups in total. The van der Waals surface area contributed by atoms with Crippen molar-refractivity contribution in [1.82, 2.24) is 68.7 Å². The van der Waals surface area contributed by atoms with Gasteiger partial charge in [0.15, 0.2) is 12.0 Å². The van der Waals surface area contributed by atoms with Gasteiger partial charge in [-0.3, -0.25) is 72.1 Å². The molecule has 0 aliphatic carbocycles. The number of aliphatic hydroxyl groups excluding tert-OH is 2. The van der Waals surface area contributed by atoms with Gasteiger partial charge in [-0.2, -0.15) is 0 Å². The summed E-state index contributed by atoms with van der Waals surface area (Å²) >= 11 is 0. The molecule has 590 valence electrons. The third-order valence-corrected chi connectivity index (χ3v) is 16.7. The number of nitrogens with one attached hydrogen (secondary N) is 12. The number of carbonyl (C=O) groups is 15. The average molecular weight is 1490 g/mol. The zero-order valence-electron chi connectivity index (χ0n) is 61.3. The Labute approximate surface area is 610 Å². The van der Waals surface area contributed by atoms with Crippen molar-refractivity contribution in [1.29, 1.82) is 0 Å². The van der Waals surface area contributed by atoms with Gasteiger partial charge in [0.05, 0.1) is 31.2 Å². The molecule has 1 heterocycles. The number of amides is 13. The maximum atomic E-state index is 14.6. The van der Waals surface area contributed by atoms with Gasteiger partial charge in [-0.15, -0.1) is 0 Å². The van der Waals surface area contributed by atoms with Crippen LogP contribution < -0.4 is 92.5 Å². The molecule has 1 fully saturated rings. The number of nitrogens with two attached hydrogens (primary N) is 5. The molecule has 105 heavy (non-hydrogen) atoms. The van der Waals surface area contributed by atoms with Crippen LogP contribution in [0.3, 0.4) is 0 Å². The summed E-state index contributed by atoms with van der Waals surface area (Å²) < 4.78 is 0. The zero-order valence-corrected chi connectivity index (χ0v) is 61.3. The summed E-state index contributed by atoms with van der Waals surface area (Å²) in [5, 5.41) is 69.3. The molecule has 0 radical (unpaired) electrons. The molecule has 0 unspecified atom stereocenters. The molecule has 1 aromatic carbocycles. The van der Waals surface area contributed by atoms with E-state index < -0.39 is 192 Å². The summed E-state index contributed by atoms with van der Waals surface area (Å²) in [5.74, 6) is -15.2. The van der Waals surface area contributed by atoms with E-state index in [1.54, 1.807) is 44.2 Å². The Morgan fingerprint density at radius 3 is 1.51 bits per heavy atom. The number of aliphatic carboxylic acids is 2. The molecule has 15 atom stereocenters. The summed E-state index contributed by atoms with van der Waals surface area (Å²) in [5.41, 5.74) is 29.2. The van der Waals surface area contributed by atoms with Crippen molar-refractivity contribution in [2.24, 2.45) is 45.5 Å². The smallest absolute Gasteiger partial charge is 0.328 e. The second-order valence-corrected chi connectivity index (χ2v) is 27.0. The van der Waals surface area contributed by atoms with Crippen molar-refractivity contribution in [2.45, 2.75) is 243 Å². The van der Waals surface area contributed by atoms with Crippen LogP contribution in [0.25, 0.3) is 0 Å². The highest BCUT2D eigenvalue weighted by molar-refractivity contribution is 6.00. The topological polar surface area (TPSA) is 627 Å². The van der Waals surface area contributed by atoms with E-state index in [4.69, 9.17) is 28.7 Å². The summed E-state index contributed by atoms with van der Waals surface area (Å²) in [6.45, 7) is 13.1. The minimum absolute atomic E-state index is 0.00704. The Hall–Kier alpha value is -9.66. The van der Waals surface area contributed by atoms with Crippen molar-refractivity contribution >= 4 is 94.7 Å². The van der Waals surface area contributed by atoms with Crippen LogP contribution in [0.15, 0.2) is 35.3 Å². The number of benzene rings is 1. The first-order valence-electron chi connectivity index (χ1n) is 35.3. The summed E-state index contributed by atoms with van der Waals surface area (Å²) in [4.78, 5) is 207. The third-order valence-electron chi connectivity index (χ3n) is 16.7. The van der Waals surface area contributed by atoms with E-state index in [1.165, 1.54) is 32.6 Å². The minimum Gasteiger partial charge on any atom is -0.481 e. The van der Waals surface area contributed by atoms with Crippen LogP contribution in [-0.4, -0.2) is 243 Å². The Kier molecular flexibility index (Phi) is 40.9. The van der Waals surface area contributed by atoms with Gasteiger partial charge in [-0.25, -0.2) is 4.79 Å². The van der Waals surface area contributed by atoms with E-state index in [0.29, 0.717) is 31.2 Å². The number of carbonyl (C=O) groups excluding carboxylic acids is 13. The molecule has 1 saturated heterocycles. The average Bonchev–Trinajstić information content (AvgIpc) is 1.74. The Balaban J connectivity index is 2.28. The maximum Gasteiger partial charge on any atom is 0.328 e. The number of aliphatic hydroxyl groups is 2. The van der Waals surface area contributed by atoms with E-state index in [-0.39, 0.29) is 102 Å². The highest BCUT2D eigenvalue weighted by Gasteiger charge is 2.41. The number of rotatable bonds is 48. The van der Waals surface area contributed by atoms with Crippen LogP contribution in [0, 0.1) is 11.8 Å². The molecule has 0 saturated carbocycles. The molecule has 38 heteroatoms. The van der Waals surface area contributed by atoms with E-state index in [9.17, 15) is 92.3 Å². The Morgan fingerprint density at radius 1 is 0.505 bits per heavy atom. The van der Waals surface area contributed by atoms with Gasteiger partial charge in [-0.05, 0) is 142 Å². The highest BCUT2D eigenvalue weighted by atomic mass is 16.4. The van der Waals surface area contributed by atoms with E-state index in [1.807, 2.05) is 19.2 Å². The van der Waals surface area contributed by atoms with Crippen molar-refractivity contribution < 1.29 is 92.3 Å². The highest BCUT2D eigenvalue weighted by Crippen LogP contribution is 2.21. The number of aliphatic imine (C=N–C) groups is 1. The van der Waals surface area contributed by atoms with E-state index >= 15 is 0 Å². The molecule has 38 nitrogen and oxygen atoms in total. The van der Waals surface area contributed by atoms with Gasteiger partial charge >= 0.3 is 11.9 Å². The molecule has 0 bridgehead atoms. The maximum absolute atomic E-state index is 14.6. The van der Waals surface area contributed by atoms with Crippen molar-refractivity contribution in [2.75, 3.05) is 32.7 Å². The number of carboxylic acids is 2. The van der Waals surface area contributed by atoms with Crippen LogP contribution in [0.2, 0.25) is 0 Å². The summed E-state index contributed by atoms with van der Waals surface area (Å²) in [6, 6.07) is -9.79. The van der Waals surface area contributed by atoms with Crippen LogP contribution in [0.5, 0.6) is 0 Å². The first-order valence-corrected chi connectivity index (χ1v) is 35.3. The molecule has 1 aliphatic rings. The van der Waals surface area contributed by atoms with E-state index in [2.05, 4.69) is 63.5 Å². The van der Waals surface area contributed by atoms with Gasteiger partial charge in [0.2, 0.25) is 76.8 Å². The van der Waals surface area contributed by atoms with Crippen LogP contribution in [-0.2, 0) is 78.3 Å². The predicted molar refractivity (Wildman–Crippen MR) is 382 cm³/mol. The lowest BCUT2D eigenvalue weighted by atomic mass is 10.0. The van der Waals surface area contributed by atoms with Crippen LogP contribution in [0.4, 0.5) is 0 Å². The number of likely N-dealkylation sites (tertiary alicyclic amines) is 1. The quantitative estimate of drug-likeness (QED) is 0.0164. The first kappa shape index (κ1) is 91.4. The molecule has 0 aromatic heterocycles. The van der Waals surface area contributed by atoms with Crippen molar-refractivity contribution in [3.05, 3.63) is 35.9 Å². The van der Waals surface area contributed by atoms with Gasteiger partial charge in [0, 0.05) is 19.5 Å². The molecule has 13 amide bonds. The molecular weight excluding hydrogens is 1370 g/mol. The molecule has 1 aromatic rings. The van der Waals surface area contributed by atoms with E-state index in [0.717, 1.165) is 6.92 Å². The largest absolute Gasteiger partial charge is 0.481 e. The standard InChI is InChI=1S/C67H113N19O19/c1-34(2)29-42(70)57(95)76-38(7)56(94)82-47(31-41-19-11-10-12-20-41)61(99)79-44(23-17-27-73-67(71)72)60(98)84-52(39(8)87)64(102)80-45(22-14-16-26-69)65(103)86-28-18-24-49(86)63(101)77-36(5)54(92)75-37(6)55(93)81-46(30-35(3)4)58(96)74-33-50(89)78-43(21-13-15-25-68)59(97)83-48(32-51(90)91)62(100)85-53(40(9)88)66(104)105/h10-12,19-20,34-40,42-49,52-53,87-88H,13-18,21-33,68-70H2,1-9H3,(H,74,96)(H,75,92)(H,76,95)(H,77,101)(H,78,89)(H,79,99)(H,80,102)(H,81,93)(H,82,94)(H,83,97)(H,84,98)(H,85,100)(H,90,91)(H,104,105)(H4,71,72,73)/t36-,37-,38-,39+,40+,42-,43-,44-,45-,46-,47-,48-,49-,52-,53-/m0/s1. The zero-order chi connectivity index (χ0) is 79.4. The molecule has 1 aliphatic heterocycles. The lowest BCUT2D eigenvalue weighted by molar-refractivity contribution is -0.146. The monoisotopic (exact) mass is 1490 g/mol. The van der Waals surface area contributed by atoms with Gasteiger partial charge in [-0.1, -0.05) is 58.0 Å². The third kappa shape index (κ3) is 33.8. The van der Waals surface area contributed by atoms with Gasteiger partial charge in [0.1, 0.15) is 66.5 Å². The first-order chi connectivity index (χ1) is 49.3. The Bertz CT molecular complexity index is 3120. The molecular formula is C67H113N19O19. The summed E-state index contributed by atoms with van der Waals surface area (Å²) in [6.07, 6.45) is -2.46. The minimum atomic E-state index is -1.87. The normalized spacial score (nSPS) is 16.6. The SMILES string of the molecule is CC(C)C[C@H](NC(=O)[C@H](C)NC(=O)[C@H](C)NC(=O)[C@@H]1CCCN1C(=O)[C@H](CCCCN)NC(=O)[C@@H](NC(=O)[C@H](CCCN=C(N)N)NC(=O)[C@H](Cc1ccccc1)NC(=O)[C@H](C)NC(=O)[C@@H](N)CC(C)C)[C@@H](C)O)C(=O)NCC(=O)N[C@@H](CCCCN)C(=O)N[C@@H](CC(=O)O)C(=O)N[C@H](C(=O)O)[C@@H](C)O. The number of hydrogen-bond donors (Lipinski definition) is 21. The fraction of sp³-hybridized carbons (Fsp3) is 0.672. The van der Waals surface area contributed by atoms with Crippen LogP contribution >= 0.6 is 0 Å². The lowest BCUT2D eigenvalue weighted by Crippen LogP contribution is -2.62. The number of unbranched alkanes of at least 4 members (excludes halogenated alkanes) is 2. The molecule has 0 spiro atoms. The predicted octanol–water partition coefficient (Wildman–Crippen LogP) is -6.22. The fourth-order valence-electron chi connectivity index (χ4n) is 11.0. The number of guanidine groups is 1. The van der Waals surface area contributed by atoms with Crippen molar-refractivity contribution in [3.8, 4) is 0 Å². The number of hydrogen-bond acceptors (Lipinski definition) is 21. The molecule has 2 rings (SSSR count). The lowest BCUT2D eigenvalue weighted by Gasteiger charge is -2.31. The number of nitrogens with zero attached hydrogens (tertiary/aromatic N) is 2. The Morgan fingerprint density at radius 2 is 0.971 bits per heavy atom. The van der Waals surface area contributed by atoms with Gasteiger partial charge < -0.3 is 118 Å². The van der Waals surface area contributed by atoms with Crippen LogP contribution in [0.1, 0.15) is 151 Å². The van der Waals surface area contributed by atoms with Crippen molar-refractivity contribution in [3.63, 3.8) is 0 Å². The summed E-state index contributed by atoms with van der Waals surface area (Å²) in [7, 11) is 0. The second-order valence-electron chi connectivity index (χ2n) is 27.0.